The van der Waals surface area contributed by atoms with Crippen LogP contribution in [0.4, 0.5) is 0 Å². The fraction of sp³-hybridized carbons (Fsp3) is 0.556. The summed E-state index contributed by atoms with van der Waals surface area (Å²) in [4.78, 5) is 4.63. The lowest BCUT2D eigenvalue weighted by atomic mass is 10.1. The first-order chi connectivity index (χ1) is 5.40. The monoisotopic (exact) mass is 150 g/mol. The van der Waals surface area contributed by atoms with Gasteiger partial charge in [0.05, 0.1) is 6.67 Å². The van der Waals surface area contributed by atoms with E-state index in [1.54, 1.807) is 0 Å². The van der Waals surface area contributed by atoms with Gasteiger partial charge in [-0.3, -0.25) is 0 Å². The van der Waals surface area contributed by atoms with Crippen LogP contribution in [0.15, 0.2) is 24.2 Å². The highest BCUT2D eigenvalue weighted by molar-refractivity contribution is 5.15. The molecule has 0 amide bonds. The molecule has 0 atom stereocenters. The van der Waals surface area contributed by atoms with Crippen molar-refractivity contribution in [3.8, 4) is 0 Å². The number of nitrogens with zero attached hydrogens (tertiary/aromatic N) is 2. The van der Waals surface area contributed by atoms with Crippen LogP contribution in [-0.4, -0.2) is 23.0 Å². The van der Waals surface area contributed by atoms with Crippen LogP contribution in [0, 0.1) is 0 Å². The van der Waals surface area contributed by atoms with Gasteiger partial charge in [0, 0.05) is 24.6 Å². The highest BCUT2D eigenvalue weighted by Crippen LogP contribution is 2.24. The van der Waals surface area contributed by atoms with Crippen molar-refractivity contribution in [2.75, 3.05) is 13.2 Å². The molecular formula is C9H14N2. The molecule has 1 aliphatic heterocycles. The van der Waals surface area contributed by atoms with Gasteiger partial charge in [0.1, 0.15) is 0 Å². The van der Waals surface area contributed by atoms with Gasteiger partial charge in [-0.2, -0.15) is 0 Å². The van der Waals surface area contributed by atoms with Gasteiger partial charge in [0.15, 0.2) is 0 Å². The normalized spacial score (nSPS) is 22.1. The zero-order valence-corrected chi connectivity index (χ0v) is 6.95. The van der Waals surface area contributed by atoms with E-state index in [1.165, 1.54) is 18.5 Å². The van der Waals surface area contributed by atoms with Crippen LogP contribution in [0.2, 0.25) is 0 Å². The smallest absolute Gasteiger partial charge is 0.0938 e. The summed E-state index contributed by atoms with van der Waals surface area (Å²) in [5, 5.41) is 0. The highest BCUT2D eigenvalue weighted by atomic mass is 15.3. The molecular weight excluding hydrogens is 136 g/mol. The van der Waals surface area contributed by atoms with Gasteiger partial charge >= 0.3 is 0 Å². The lowest BCUT2D eigenvalue weighted by molar-refractivity contribution is 0.300. The first kappa shape index (κ1) is 6.77. The second kappa shape index (κ2) is 2.61. The second-order valence-corrected chi connectivity index (χ2v) is 3.05. The Morgan fingerprint density at radius 3 is 2.73 bits per heavy atom. The van der Waals surface area contributed by atoms with Crippen LogP contribution in [0.1, 0.15) is 19.8 Å². The summed E-state index contributed by atoms with van der Waals surface area (Å²) in [5.41, 5.74) is 1.50. The van der Waals surface area contributed by atoms with Crippen LogP contribution in [0.5, 0.6) is 0 Å². The molecule has 1 aliphatic carbocycles. The van der Waals surface area contributed by atoms with Gasteiger partial charge < -0.3 is 9.80 Å². The van der Waals surface area contributed by atoms with Crippen LogP contribution < -0.4 is 0 Å². The van der Waals surface area contributed by atoms with E-state index in [0.29, 0.717) is 0 Å². The number of rotatable bonds is 2. The predicted molar refractivity (Wildman–Crippen MR) is 45.5 cm³/mol. The standard InChI is InChI=1S/C9H14N2/c1-2-10-6-7-11(8-10)9-4-3-5-9/h4,6-7H,2-3,5,8H2,1H3. The third kappa shape index (κ3) is 1.13. The topological polar surface area (TPSA) is 6.48 Å². The second-order valence-electron chi connectivity index (χ2n) is 3.05. The first-order valence-corrected chi connectivity index (χ1v) is 4.28. The van der Waals surface area contributed by atoms with Gasteiger partial charge in [0.25, 0.3) is 0 Å². The van der Waals surface area contributed by atoms with Gasteiger partial charge in [-0.25, -0.2) is 0 Å². The average Bonchev–Trinajstić information content (AvgIpc) is 2.32. The maximum absolute atomic E-state index is 2.33. The van der Waals surface area contributed by atoms with Crippen molar-refractivity contribution in [2.45, 2.75) is 19.8 Å². The predicted octanol–water partition coefficient (Wildman–Crippen LogP) is 1.73. The largest absolute Gasteiger partial charge is 0.359 e. The zero-order valence-electron chi connectivity index (χ0n) is 6.95. The van der Waals surface area contributed by atoms with E-state index in [4.69, 9.17) is 0 Å². The fourth-order valence-corrected chi connectivity index (χ4v) is 1.39. The van der Waals surface area contributed by atoms with Gasteiger partial charge in [0.2, 0.25) is 0 Å². The van der Waals surface area contributed by atoms with Gasteiger partial charge in [-0.1, -0.05) is 6.08 Å². The molecule has 0 aromatic heterocycles. The van der Waals surface area contributed by atoms with Crippen LogP contribution >= 0.6 is 0 Å². The molecule has 1 heterocycles. The molecule has 2 aliphatic rings. The number of hydrogen-bond acceptors (Lipinski definition) is 2. The Morgan fingerprint density at radius 2 is 2.27 bits per heavy atom. The molecule has 2 rings (SSSR count). The molecule has 2 heteroatoms. The van der Waals surface area contributed by atoms with E-state index >= 15 is 0 Å². The minimum absolute atomic E-state index is 1.06. The zero-order chi connectivity index (χ0) is 7.68. The molecule has 0 spiro atoms. The quantitative estimate of drug-likeness (QED) is 0.591. The maximum atomic E-state index is 2.33. The number of hydrogen-bond donors (Lipinski definition) is 0. The van der Waals surface area contributed by atoms with Crippen molar-refractivity contribution < 1.29 is 0 Å². The average molecular weight is 150 g/mol. The molecule has 2 nitrogen and oxygen atoms in total. The lowest BCUT2D eigenvalue weighted by Crippen LogP contribution is -2.26. The number of allylic oxidation sites excluding steroid dienone is 2. The lowest BCUT2D eigenvalue weighted by Gasteiger charge is -2.26. The van der Waals surface area contributed by atoms with Crippen molar-refractivity contribution in [3.63, 3.8) is 0 Å². The molecule has 0 fully saturated rings. The van der Waals surface area contributed by atoms with E-state index in [9.17, 15) is 0 Å². The summed E-state index contributed by atoms with van der Waals surface area (Å²) in [7, 11) is 0. The molecule has 0 bridgehead atoms. The summed E-state index contributed by atoms with van der Waals surface area (Å²) in [6.45, 7) is 4.35. The summed E-state index contributed by atoms with van der Waals surface area (Å²) in [6.07, 6.45) is 9.19. The minimum atomic E-state index is 1.06. The fourth-order valence-electron chi connectivity index (χ4n) is 1.39. The molecule has 0 unspecified atom stereocenters. The van der Waals surface area contributed by atoms with Crippen molar-refractivity contribution in [1.29, 1.82) is 0 Å². The highest BCUT2D eigenvalue weighted by Gasteiger charge is 2.17. The Kier molecular flexibility index (Phi) is 1.60. The van der Waals surface area contributed by atoms with E-state index < -0.39 is 0 Å². The molecule has 0 N–H and O–H groups in total. The molecule has 0 saturated heterocycles. The first-order valence-electron chi connectivity index (χ1n) is 4.28. The molecule has 60 valence electrons. The SMILES string of the molecule is CCN1C=CN(C2=CCC2)C1. The summed E-state index contributed by atoms with van der Waals surface area (Å²) in [6, 6.07) is 0. The van der Waals surface area contributed by atoms with Crippen molar-refractivity contribution in [1.82, 2.24) is 9.80 Å². The Labute approximate surface area is 67.8 Å². The molecule has 11 heavy (non-hydrogen) atoms. The molecule has 0 radical (unpaired) electrons. The molecule has 0 aromatic carbocycles. The van der Waals surface area contributed by atoms with Crippen LogP contribution in [-0.2, 0) is 0 Å². The van der Waals surface area contributed by atoms with E-state index in [1.807, 2.05) is 0 Å². The molecule has 0 aromatic rings. The van der Waals surface area contributed by atoms with Crippen LogP contribution in [0.3, 0.4) is 0 Å². The third-order valence-electron chi connectivity index (χ3n) is 2.35. The van der Waals surface area contributed by atoms with Crippen molar-refractivity contribution >= 4 is 0 Å². The third-order valence-corrected chi connectivity index (χ3v) is 2.35. The molecule has 0 saturated carbocycles. The summed E-state index contributed by atoms with van der Waals surface area (Å²) >= 11 is 0. The van der Waals surface area contributed by atoms with E-state index in [0.717, 1.165) is 13.2 Å². The van der Waals surface area contributed by atoms with E-state index in [-0.39, 0.29) is 0 Å². The van der Waals surface area contributed by atoms with E-state index in [2.05, 4.69) is 35.2 Å². The Balaban J connectivity index is 1.95. The van der Waals surface area contributed by atoms with Crippen molar-refractivity contribution in [2.24, 2.45) is 0 Å². The minimum Gasteiger partial charge on any atom is -0.359 e. The summed E-state index contributed by atoms with van der Waals surface area (Å²) < 4.78 is 0. The van der Waals surface area contributed by atoms with Gasteiger partial charge in [-0.15, -0.1) is 0 Å². The van der Waals surface area contributed by atoms with Crippen LogP contribution in [0.25, 0.3) is 0 Å². The van der Waals surface area contributed by atoms with Crippen molar-refractivity contribution in [3.05, 3.63) is 24.2 Å². The Morgan fingerprint density at radius 1 is 1.45 bits per heavy atom. The summed E-state index contributed by atoms with van der Waals surface area (Å²) in [5.74, 6) is 0. The Bertz CT molecular complexity index is 206. The maximum Gasteiger partial charge on any atom is 0.0938 e. The van der Waals surface area contributed by atoms with Gasteiger partial charge in [-0.05, 0) is 19.8 Å². The Hall–Kier alpha value is -0.920.